The lowest BCUT2D eigenvalue weighted by Gasteiger charge is -2.05. The number of allylic oxidation sites excluding steroid dienone is 2. The molecule has 2 aromatic carbocycles. The van der Waals surface area contributed by atoms with E-state index < -0.39 is 11.8 Å². The van der Waals surface area contributed by atoms with Gasteiger partial charge in [0.05, 0.1) is 27.8 Å². The Morgan fingerprint density at radius 2 is 1.50 bits per heavy atom. The molecular weight excluding hydrogens is 584 g/mol. The summed E-state index contributed by atoms with van der Waals surface area (Å²) in [4.78, 5) is 47.5. The highest BCUT2D eigenvalue weighted by molar-refractivity contribution is 5.96. The van der Waals surface area contributed by atoms with Gasteiger partial charge < -0.3 is 18.3 Å². The second kappa shape index (κ2) is 12.3. The highest BCUT2D eigenvalue weighted by atomic mass is 16.2. The van der Waals surface area contributed by atoms with Crippen LogP contribution in [0.15, 0.2) is 76.7 Å². The number of aryl methyl sites for hydroxylation is 5. The number of para-hydroxylation sites is 3. The maximum atomic E-state index is 13.4. The minimum atomic E-state index is -0.448. The Morgan fingerprint density at radius 1 is 0.848 bits per heavy atom. The first kappa shape index (κ1) is 30.2. The van der Waals surface area contributed by atoms with Crippen molar-refractivity contribution in [2.75, 3.05) is 0 Å². The number of amides is 2. The van der Waals surface area contributed by atoms with Gasteiger partial charge in [-0.3, -0.25) is 24.2 Å². The number of aromatic amines is 1. The Kier molecular flexibility index (Phi) is 8.05. The molecule has 0 radical (unpaired) electrons. The molecule has 0 bridgehead atoms. The highest BCUT2D eigenvalue weighted by Crippen LogP contribution is 2.17. The first-order valence-corrected chi connectivity index (χ1v) is 14.9. The van der Waals surface area contributed by atoms with E-state index in [4.69, 9.17) is 0 Å². The molecule has 13 nitrogen and oxygen atoms in total. The van der Waals surface area contributed by atoms with E-state index in [1.807, 2.05) is 95.6 Å². The molecule has 0 fully saturated rings. The van der Waals surface area contributed by atoms with Crippen LogP contribution in [0.25, 0.3) is 22.1 Å². The van der Waals surface area contributed by atoms with E-state index >= 15 is 0 Å². The van der Waals surface area contributed by atoms with E-state index in [0.29, 0.717) is 47.6 Å². The molecule has 0 unspecified atom stereocenters. The number of H-pyrrole nitrogens is 1. The SMILES string of the molecule is CCn1nc(C)cc1C(=O)N=c1n(C)c2cccc(C=O)c2n1C/C=C/Cn1c(=NC(=O)c2cc(C)[nH]n2)n(C)c2ccccc21. The van der Waals surface area contributed by atoms with Gasteiger partial charge in [0.15, 0.2) is 12.0 Å². The number of rotatable bonds is 8. The van der Waals surface area contributed by atoms with E-state index in [0.717, 1.165) is 34.2 Å². The van der Waals surface area contributed by atoms with Gasteiger partial charge in [-0.25, -0.2) is 0 Å². The number of aromatic nitrogens is 8. The van der Waals surface area contributed by atoms with Crippen LogP contribution in [0.1, 0.15) is 49.6 Å². The molecule has 0 spiro atoms. The number of nitrogens with one attached hydrogen (secondary N) is 1. The molecule has 6 aromatic rings. The molecule has 0 saturated carbocycles. The molecule has 234 valence electrons. The molecule has 46 heavy (non-hydrogen) atoms. The summed E-state index contributed by atoms with van der Waals surface area (Å²) in [6.45, 7) is 6.84. The van der Waals surface area contributed by atoms with Gasteiger partial charge in [0.2, 0.25) is 11.2 Å². The smallest absolute Gasteiger partial charge is 0.300 e. The van der Waals surface area contributed by atoms with Crippen LogP contribution in [-0.2, 0) is 33.7 Å². The number of imidazole rings is 2. The van der Waals surface area contributed by atoms with Crippen LogP contribution in [0.4, 0.5) is 0 Å². The van der Waals surface area contributed by atoms with Crippen molar-refractivity contribution in [1.82, 2.24) is 38.2 Å². The molecule has 0 saturated heterocycles. The van der Waals surface area contributed by atoms with Crippen molar-refractivity contribution in [3.63, 3.8) is 0 Å². The lowest BCUT2D eigenvalue weighted by molar-refractivity contribution is 0.0980. The van der Waals surface area contributed by atoms with E-state index in [-0.39, 0.29) is 5.69 Å². The van der Waals surface area contributed by atoms with Crippen molar-refractivity contribution >= 4 is 40.2 Å². The topological polar surface area (TPSA) is 142 Å². The Bertz CT molecular complexity index is 2320. The average Bonchev–Trinajstić information content (AvgIpc) is 3.80. The second-order valence-corrected chi connectivity index (χ2v) is 11.0. The van der Waals surface area contributed by atoms with Crippen LogP contribution in [0, 0.1) is 13.8 Å². The molecule has 0 aliphatic heterocycles. The van der Waals surface area contributed by atoms with Gasteiger partial charge in [0, 0.05) is 45.0 Å². The predicted molar refractivity (Wildman–Crippen MR) is 172 cm³/mol. The molecule has 13 heteroatoms. The van der Waals surface area contributed by atoms with Crippen LogP contribution in [-0.4, -0.2) is 56.3 Å². The summed E-state index contributed by atoms with van der Waals surface area (Å²) in [5.41, 5.74) is 6.76. The van der Waals surface area contributed by atoms with Gasteiger partial charge in [-0.1, -0.05) is 30.4 Å². The van der Waals surface area contributed by atoms with E-state index in [9.17, 15) is 14.4 Å². The van der Waals surface area contributed by atoms with Crippen molar-refractivity contribution in [3.05, 3.63) is 106 Å². The average molecular weight is 619 g/mol. The summed E-state index contributed by atoms with van der Waals surface area (Å²) in [5, 5.41) is 11.2. The van der Waals surface area contributed by atoms with Crippen molar-refractivity contribution < 1.29 is 14.4 Å². The summed E-state index contributed by atoms with van der Waals surface area (Å²) < 4.78 is 9.13. The first-order valence-electron chi connectivity index (χ1n) is 14.9. The van der Waals surface area contributed by atoms with E-state index in [1.54, 1.807) is 28.9 Å². The Morgan fingerprint density at radius 3 is 2.20 bits per heavy atom. The van der Waals surface area contributed by atoms with Gasteiger partial charge in [0.25, 0.3) is 5.91 Å². The van der Waals surface area contributed by atoms with Crippen molar-refractivity contribution in [3.8, 4) is 0 Å². The number of benzene rings is 2. The van der Waals surface area contributed by atoms with Crippen LogP contribution >= 0.6 is 0 Å². The minimum absolute atomic E-state index is 0.242. The van der Waals surface area contributed by atoms with Crippen molar-refractivity contribution in [2.24, 2.45) is 24.1 Å². The zero-order valence-corrected chi connectivity index (χ0v) is 26.3. The van der Waals surface area contributed by atoms with Gasteiger partial charge in [-0.05, 0) is 57.2 Å². The normalized spacial score (nSPS) is 12.7. The molecule has 6 rings (SSSR count). The molecule has 4 heterocycles. The summed E-state index contributed by atoms with van der Waals surface area (Å²) >= 11 is 0. The van der Waals surface area contributed by atoms with Gasteiger partial charge in [0.1, 0.15) is 5.69 Å². The van der Waals surface area contributed by atoms with Crippen LogP contribution in [0.2, 0.25) is 0 Å². The lowest BCUT2D eigenvalue weighted by Crippen LogP contribution is -2.27. The molecule has 2 amide bonds. The van der Waals surface area contributed by atoms with Crippen LogP contribution in [0.5, 0.6) is 0 Å². The third-order valence-corrected chi connectivity index (χ3v) is 7.91. The maximum Gasteiger partial charge on any atom is 0.300 e. The lowest BCUT2D eigenvalue weighted by atomic mass is 10.2. The maximum absolute atomic E-state index is 13.4. The third-order valence-electron chi connectivity index (χ3n) is 7.91. The summed E-state index contributed by atoms with van der Waals surface area (Å²) in [7, 11) is 3.69. The van der Waals surface area contributed by atoms with Gasteiger partial charge in [-0.2, -0.15) is 20.2 Å². The fraction of sp³-hybridized carbons (Fsp3) is 0.242. The van der Waals surface area contributed by atoms with E-state index in [2.05, 4.69) is 25.3 Å². The van der Waals surface area contributed by atoms with Gasteiger partial charge in [-0.15, -0.1) is 0 Å². The molecule has 1 N–H and O–H groups in total. The fourth-order valence-corrected chi connectivity index (χ4v) is 5.74. The summed E-state index contributed by atoms with van der Waals surface area (Å²) in [6.07, 6.45) is 4.72. The van der Waals surface area contributed by atoms with Gasteiger partial charge >= 0.3 is 5.91 Å². The van der Waals surface area contributed by atoms with E-state index in [1.165, 1.54) is 0 Å². The van der Waals surface area contributed by atoms with Crippen molar-refractivity contribution in [2.45, 2.75) is 40.4 Å². The Balaban J connectivity index is 1.41. The quantitative estimate of drug-likeness (QED) is 0.206. The molecule has 4 aromatic heterocycles. The number of carbonyl (C=O) groups excluding carboxylic acids is 3. The van der Waals surface area contributed by atoms with Crippen molar-refractivity contribution in [1.29, 1.82) is 0 Å². The highest BCUT2D eigenvalue weighted by Gasteiger charge is 2.17. The first-order chi connectivity index (χ1) is 22.2. The zero-order valence-electron chi connectivity index (χ0n) is 26.3. The van der Waals surface area contributed by atoms with Crippen LogP contribution in [0.3, 0.4) is 0 Å². The predicted octanol–water partition coefficient (Wildman–Crippen LogP) is 3.38. The molecular formula is C33H34N10O3. The zero-order chi connectivity index (χ0) is 32.5. The fourth-order valence-electron chi connectivity index (χ4n) is 5.74. The number of hydrogen-bond donors (Lipinski definition) is 1. The second-order valence-electron chi connectivity index (χ2n) is 11.0. The van der Waals surface area contributed by atoms with Crippen LogP contribution < -0.4 is 11.2 Å². The summed E-state index contributed by atoms with van der Waals surface area (Å²) in [5.74, 6) is -0.871. The number of aldehydes is 1. The molecule has 0 atom stereocenters. The Labute approximate surface area is 263 Å². The molecule has 0 aliphatic rings. The number of carbonyl (C=O) groups is 3. The monoisotopic (exact) mass is 618 g/mol. The number of nitrogens with zero attached hydrogens (tertiary/aromatic N) is 9. The third kappa shape index (κ3) is 5.36. The minimum Gasteiger partial charge on any atom is -0.313 e. The number of fused-ring (bicyclic) bond motifs is 2. The summed E-state index contributed by atoms with van der Waals surface area (Å²) in [6, 6.07) is 16.7. The molecule has 0 aliphatic carbocycles. The number of hydrogen-bond acceptors (Lipinski definition) is 5. The Hall–Kier alpha value is -5.85. The standard InChI is InChI=1S/C33H34N10O3/c1-6-43-28(19-22(3)38-43)31(46)35-33-40(5)27-15-11-12-23(20-44)29(27)42(33)17-10-9-16-41-26-14-8-7-13-25(26)39(4)32(41)34-30(45)24-18-21(2)36-37-24/h7-15,18-20H,6,16-17H2,1-5H3,(H,36,37)/b10-9+,34-32?,35-33?. The largest absolute Gasteiger partial charge is 0.313 e.